The van der Waals surface area contributed by atoms with Crippen LogP contribution in [0.3, 0.4) is 0 Å². The van der Waals surface area contributed by atoms with E-state index in [-0.39, 0.29) is 36.1 Å². The molecule has 0 aromatic heterocycles. The van der Waals surface area contributed by atoms with E-state index in [4.69, 9.17) is 24.0 Å². The maximum Gasteiger partial charge on any atom is 0.311 e. The summed E-state index contributed by atoms with van der Waals surface area (Å²) in [7, 11) is 0. The fraction of sp³-hybridized carbons (Fsp3) is 0.909. The van der Waals surface area contributed by atoms with Gasteiger partial charge in [-0.2, -0.15) is 0 Å². The summed E-state index contributed by atoms with van der Waals surface area (Å²) in [5.41, 5.74) is -0.742. The maximum atomic E-state index is 12.9. The highest BCUT2D eigenvalue weighted by atomic mass is 17.3. The van der Waals surface area contributed by atoms with Crippen molar-refractivity contribution in [3.05, 3.63) is 0 Å². The summed E-state index contributed by atoms with van der Waals surface area (Å²) in [6, 6.07) is 0. The van der Waals surface area contributed by atoms with Gasteiger partial charge in [0.25, 0.3) is 0 Å². The Labute approximate surface area is 172 Å². The second-order valence-corrected chi connectivity index (χ2v) is 9.18. The summed E-state index contributed by atoms with van der Waals surface area (Å²) < 4.78 is 17.3. The Morgan fingerprint density at radius 3 is 2.76 bits per heavy atom. The van der Waals surface area contributed by atoms with Gasteiger partial charge in [-0.3, -0.25) is 9.59 Å². The van der Waals surface area contributed by atoms with Crippen LogP contribution >= 0.6 is 0 Å². The molecule has 1 saturated carbocycles. The molecule has 2 bridgehead atoms. The Balaban J connectivity index is 1.61. The normalized spacial score (nSPS) is 43.3. The fourth-order valence-electron chi connectivity index (χ4n) is 6.03. The van der Waals surface area contributed by atoms with Crippen molar-refractivity contribution in [3.63, 3.8) is 0 Å². The van der Waals surface area contributed by atoms with Gasteiger partial charge in [-0.25, -0.2) is 9.78 Å². The lowest BCUT2D eigenvalue weighted by molar-refractivity contribution is -0.564. The first kappa shape index (κ1) is 21.1. The lowest BCUT2D eigenvalue weighted by atomic mass is 9.57. The van der Waals surface area contributed by atoms with E-state index in [1.54, 1.807) is 6.92 Å². The lowest BCUT2D eigenvalue weighted by Gasteiger charge is -2.58. The molecule has 1 spiro atoms. The number of esters is 2. The molecule has 4 saturated heterocycles. The molecular formula is C22H34O7. The number of unbranched alkanes of at least 4 members (excludes halogenated alkanes) is 1. The number of carbonyl (C=O) groups excluding carboxylic acids is 2. The van der Waals surface area contributed by atoms with Crippen LogP contribution in [0.25, 0.3) is 0 Å². The van der Waals surface area contributed by atoms with E-state index >= 15 is 0 Å². The largest absolute Gasteiger partial charge is 0.466 e. The molecule has 4 aliphatic heterocycles. The van der Waals surface area contributed by atoms with Crippen LogP contribution in [0, 0.1) is 23.7 Å². The first-order valence-corrected chi connectivity index (χ1v) is 11.4. The van der Waals surface area contributed by atoms with Gasteiger partial charge in [-0.05, 0) is 38.5 Å². The van der Waals surface area contributed by atoms with E-state index in [2.05, 4.69) is 13.8 Å². The number of fused-ring (bicyclic) bond motifs is 2. The van der Waals surface area contributed by atoms with Crippen molar-refractivity contribution in [1.29, 1.82) is 0 Å². The number of rotatable bonds is 7. The zero-order valence-electron chi connectivity index (χ0n) is 17.8. The molecular weight excluding hydrogens is 376 g/mol. The summed E-state index contributed by atoms with van der Waals surface area (Å²) in [5.74, 6) is -1.02. The van der Waals surface area contributed by atoms with Crippen LogP contribution in [-0.4, -0.2) is 36.2 Å². The quantitative estimate of drug-likeness (QED) is 0.465. The van der Waals surface area contributed by atoms with Crippen LogP contribution in [0.15, 0.2) is 0 Å². The third kappa shape index (κ3) is 3.49. The maximum absolute atomic E-state index is 12.9. The van der Waals surface area contributed by atoms with Crippen molar-refractivity contribution in [2.45, 2.75) is 96.2 Å². The second-order valence-electron chi connectivity index (χ2n) is 9.18. The molecule has 7 nitrogen and oxygen atoms in total. The highest BCUT2D eigenvalue weighted by molar-refractivity contribution is 5.74. The summed E-state index contributed by atoms with van der Waals surface area (Å²) in [5, 5.41) is 0. The van der Waals surface area contributed by atoms with E-state index in [1.807, 2.05) is 0 Å². The standard InChI is InChI=1S/C22H34O7/c1-4-6-7-15-17-9-8-14(3)16-10-12-21(13-11-18(23)25-5-2)27-20(26-19(15)24)22(16,17)29-28-21/h14-17,20H,4-13H2,1-3H3/t14-,15-,16+,17?,20?,21?,22?/m1/s1. The summed E-state index contributed by atoms with van der Waals surface area (Å²) in [6.45, 7) is 6.50. The van der Waals surface area contributed by atoms with Gasteiger partial charge < -0.3 is 14.2 Å². The van der Waals surface area contributed by atoms with E-state index < -0.39 is 17.7 Å². The molecule has 5 aliphatic rings. The van der Waals surface area contributed by atoms with Gasteiger partial charge in [0.05, 0.1) is 18.9 Å². The number of hydrogen-bond acceptors (Lipinski definition) is 7. The van der Waals surface area contributed by atoms with Crippen LogP contribution in [0.5, 0.6) is 0 Å². The van der Waals surface area contributed by atoms with Gasteiger partial charge in [-0.15, -0.1) is 0 Å². The van der Waals surface area contributed by atoms with Gasteiger partial charge in [0.15, 0.2) is 5.60 Å². The Kier molecular flexibility index (Phi) is 5.93. The molecule has 29 heavy (non-hydrogen) atoms. The van der Waals surface area contributed by atoms with Gasteiger partial charge in [0.1, 0.15) is 0 Å². The van der Waals surface area contributed by atoms with Gasteiger partial charge >= 0.3 is 11.9 Å². The zero-order valence-corrected chi connectivity index (χ0v) is 17.8. The fourth-order valence-corrected chi connectivity index (χ4v) is 6.03. The molecule has 0 aromatic rings. The minimum Gasteiger partial charge on any atom is -0.466 e. The molecule has 5 rings (SSSR count). The molecule has 7 atom stereocenters. The predicted octanol–water partition coefficient (Wildman–Crippen LogP) is 3.89. The molecule has 0 N–H and O–H groups in total. The first-order chi connectivity index (χ1) is 14.0. The molecule has 7 heteroatoms. The van der Waals surface area contributed by atoms with Crippen molar-refractivity contribution in [2.75, 3.05) is 6.61 Å². The average Bonchev–Trinajstić information content (AvgIpc) is 2.95. The Hall–Kier alpha value is -1.18. The average molecular weight is 411 g/mol. The number of carbonyl (C=O) groups is 2. The monoisotopic (exact) mass is 410 g/mol. The van der Waals surface area contributed by atoms with Crippen LogP contribution in [0.4, 0.5) is 0 Å². The number of hydrogen-bond donors (Lipinski definition) is 0. The SMILES string of the molecule is CCCC[C@H]1C(=O)OC2OC3(CCC(=O)OCC)CC[C@H]4[C@H](C)CCC1C24OO3. The van der Waals surface area contributed by atoms with Crippen molar-refractivity contribution in [2.24, 2.45) is 23.7 Å². The molecule has 1 aliphatic carbocycles. The Morgan fingerprint density at radius 2 is 2.00 bits per heavy atom. The number of ether oxygens (including phenoxy) is 3. The molecule has 0 aromatic carbocycles. The minimum atomic E-state index is -1.07. The minimum absolute atomic E-state index is 0.0441. The van der Waals surface area contributed by atoms with Crippen LogP contribution in [-0.2, 0) is 33.6 Å². The zero-order chi connectivity index (χ0) is 20.6. The first-order valence-electron chi connectivity index (χ1n) is 11.4. The highest BCUT2D eigenvalue weighted by Gasteiger charge is 2.71. The van der Waals surface area contributed by atoms with Gasteiger partial charge in [0.2, 0.25) is 12.1 Å². The van der Waals surface area contributed by atoms with Crippen molar-refractivity contribution in [1.82, 2.24) is 0 Å². The van der Waals surface area contributed by atoms with Crippen molar-refractivity contribution >= 4 is 11.9 Å². The van der Waals surface area contributed by atoms with E-state index in [0.29, 0.717) is 25.4 Å². The van der Waals surface area contributed by atoms with Crippen molar-refractivity contribution < 1.29 is 33.6 Å². The van der Waals surface area contributed by atoms with Gasteiger partial charge in [-0.1, -0.05) is 26.7 Å². The van der Waals surface area contributed by atoms with E-state index in [1.165, 1.54) is 0 Å². The summed E-state index contributed by atoms with van der Waals surface area (Å²) in [6.07, 6.45) is 6.03. The van der Waals surface area contributed by atoms with E-state index in [9.17, 15) is 9.59 Å². The van der Waals surface area contributed by atoms with E-state index in [0.717, 1.165) is 38.5 Å². The summed E-state index contributed by atoms with van der Waals surface area (Å²) in [4.78, 5) is 37.0. The molecule has 5 fully saturated rings. The van der Waals surface area contributed by atoms with Crippen LogP contribution in [0.2, 0.25) is 0 Å². The molecule has 0 radical (unpaired) electrons. The molecule has 4 heterocycles. The van der Waals surface area contributed by atoms with Crippen LogP contribution < -0.4 is 0 Å². The van der Waals surface area contributed by atoms with Crippen LogP contribution in [0.1, 0.15) is 78.6 Å². The Morgan fingerprint density at radius 1 is 1.17 bits per heavy atom. The predicted molar refractivity (Wildman–Crippen MR) is 102 cm³/mol. The van der Waals surface area contributed by atoms with Gasteiger partial charge in [0, 0.05) is 24.7 Å². The molecule has 164 valence electrons. The third-order valence-electron chi connectivity index (χ3n) is 7.54. The Bertz CT molecular complexity index is 637. The molecule has 4 unspecified atom stereocenters. The molecule has 0 amide bonds. The third-order valence-corrected chi connectivity index (χ3v) is 7.54. The second kappa shape index (κ2) is 8.16. The lowest BCUT2D eigenvalue weighted by Crippen LogP contribution is -2.70. The summed E-state index contributed by atoms with van der Waals surface area (Å²) >= 11 is 0. The highest BCUT2D eigenvalue weighted by Crippen LogP contribution is 2.61. The van der Waals surface area contributed by atoms with Crippen molar-refractivity contribution in [3.8, 4) is 0 Å². The topological polar surface area (TPSA) is 80.3 Å². The smallest absolute Gasteiger partial charge is 0.311 e.